The molecule has 21 heavy (non-hydrogen) atoms. The number of benzene rings is 2. The second kappa shape index (κ2) is 6.22. The van der Waals surface area contributed by atoms with Crippen LogP contribution in [0, 0.1) is 17.1 Å². The number of rotatable bonds is 4. The van der Waals surface area contributed by atoms with Gasteiger partial charge in [-0.2, -0.15) is 5.26 Å². The molecule has 0 aliphatic heterocycles. The van der Waals surface area contributed by atoms with Crippen LogP contribution in [0.25, 0.3) is 0 Å². The number of hydrogen-bond donors (Lipinski definition) is 1. The van der Waals surface area contributed by atoms with Crippen molar-refractivity contribution < 1.29 is 12.8 Å². The number of nitriles is 1. The molecule has 1 N–H and O–H groups in total. The van der Waals surface area contributed by atoms with Crippen molar-refractivity contribution >= 4 is 21.6 Å². The van der Waals surface area contributed by atoms with Gasteiger partial charge in [-0.15, -0.1) is 0 Å². The van der Waals surface area contributed by atoms with E-state index in [4.69, 9.17) is 16.9 Å². The molecule has 108 valence electrons. The molecule has 0 atom stereocenters. The smallest absolute Gasteiger partial charge is 0.207 e. The van der Waals surface area contributed by atoms with E-state index in [9.17, 15) is 12.8 Å². The topological polar surface area (TPSA) is 70.0 Å². The van der Waals surface area contributed by atoms with Gasteiger partial charge in [-0.05, 0) is 29.8 Å². The Bertz CT molecular complexity index is 816. The molecule has 0 saturated carbocycles. The van der Waals surface area contributed by atoms with Crippen molar-refractivity contribution in [3.63, 3.8) is 0 Å². The summed E-state index contributed by atoms with van der Waals surface area (Å²) in [6, 6.07) is 11.6. The van der Waals surface area contributed by atoms with E-state index in [0.29, 0.717) is 5.56 Å². The fraction of sp³-hybridized carbons (Fsp3) is 0.0714. The van der Waals surface area contributed by atoms with Crippen LogP contribution in [0.5, 0.6) is 0 Å². The number of halogens is 2. The zero-order valence-corrected chi connectivity index (χ0v) is 12.2. The van der Waals surface area contributed by atoms with Crippen LogP contribution in [-0.4, -0.2) is 8.42 Å². The first-order valence-electron chi connectivity index (χ1n) is 5.87. The van der Waals surface area contributed by atoms with Crippen molar-refractivity contribution in [1.82, 2.24) is 4.72 Å². The quantitative estimate of drug-likeness (QED) is 0.940. The fourth-order valence-corrected chi connectivity index (χ4v) is 3.08. The lowest BCUT2D eigenvalue weighted by Gasteiger charge is -2.08. The lowest BCUT2D eigenvalue weighted by molar-refractivity contribution is 0.581. The van der Waals surface area contributed by atoms with Crippen molar-refractivity contribution in [2.75, 3.05) is 0 Å². The maximum Gasteiger partial charge on any atom is 0.242 e. The Kier molecular flexibility index (Phi) is 4.58. The van der Waals surface area contributed by atoms with Crippen LogP contribution in [0.15, 0.2) is 47.4 Å². The van der Waals surface area contributed by atoms with E-state index in [1.807, 2.05) is 6.07 Å². The van der Waals surface area contributed by atoms with Crippen LogP contribution in [0.2, 0.25) is 5.02 Å². The maximum atomic E-state index is 13.0. The van der Waals surface area contributed by atoms with Crippen molar-refractivity contribution in [1.29, 1.82) is 5.26 Å². The van der Waals surface area contributed by atoms with Crippen molar-refractivity contribution in [3.05, 3.63) is 64.4 Å². The molecular formula is C14H10ClFN2O2S. The lowest BCUT2D eigenvalue weighted by Crippen LogP contribution is -2.24. The number of hydrogen-bond acceptors (Lipinski definition) is 3. The normalized spacial score (nSPS) is 11.1. The molecule has 0 amide bonds. The van der Waals surface area contributed by atoms with E-state index in [2.05, 4.69) is 4.72 Å². The molecule has 0 aliphatic carbocycles. The fourth-order valence-electron chi connectivity index (χ4n) is 1.70. The molecule has 2 aromatic rings. The van der Waals surface area contributed by atoms with E-state index in [1.165, 1.54) is 30.3 Å². The predicted octanol–water partition coefficient (Wildman–Crippen LogP) is 2.83. The van der Waals surface area contributed by atoms with Crippen LogP contribution in [0.4, 0.5) is 4.39 Å². The zero-order valence-electron chi connectivity index (χ0n) is 10.7. The maximum absolute atomic E-state index is 13.0. The van der Waals surface area contributed by atoms with Crippen LogP contribution in [0.1, 0.15) is 11.1 Å². The van der Waals surface area contributed by atoms with Gasteiger partial charge in [-0.1, -0.05) is 29.8 Å². The summed E-state index contributed by atoms with van der Waals surface area (Å²) in [5.74, 6) is -0.571. The largest absolute Gasteiger partial charge is 0.242 e. The standard InChI is InChI=1S/C14H10ClFN2O2S/c15-12-7-10(5-6-13(12)16)9-18-21(19,20)14-4-2-1-3-11(14)8-17/h1-7,18H,9H2. The van der Waals surface area contributed by atoms with E-state index in [1.54, 1.807) is 6.07 Å². The number of nitrogens with one attached hydrogen (secondary N) is 1. The highest BCUT2D eigenvalue weighted by molar-refractivity contribution is 7.89. The molecule has 2 aromatic carbocycles. The van der Waals surface area contributed by atoms with Gasteiger partial charge < -0.3 is 0 Å². The van der Waals surface area contributed by atoms with Crippen molar-refractivity contribution in [2.45, 2.75) is 11.4 Å². The summed E-state index contributed by atoms with van der Waals surface area (Å²) in [4.78, 5) is -0.0966. The third-order valence-electron chi connectivity index (χ3n) is 2.75. The molecule has 2 rings (SSSR count). The Morgan fingerprint density at radius 3 is 2.62 bits per heavy atom. The van der Waals surface area contributed by atoms with Gasteiger partial charge in [0.25, 0.3) is 0 Å². The highest BCUT2D eigenvalue weighted by Crippen LogP contribution is 2.18. The average Bonchev–Trinajstić information content (AvgIpc) is 2.48. The molecule has 0 bridgehead atoms. The highest BCUT2D eigenvalue weighted by atomic mass is 35.5. The van der Waals surface area contributed by atoms with Gasteiger partial charge in [0.1, 0.15) is 11.9 Å². The molecule has 0 saturated heterocycles. The van der Waals surface area contributed by atoms with Gasteiger partial charge in [0.05, 0.1) is 15.5 Å². The Balaban J connectivity index is 2.22. The minimum atomic E-state index is -3.83. The zero-order chi connectivity index (χ0) is 15.5. The molecular weight excluding hydrogens is 315 g/mol. The summed E-state index contributed by atoms with van der Waals surface area (Å²) in [5.41, 5.74) is 0.571. The van der Waals surface area contributed by atoms with Gasteiger partial charge in [0, 0.05) is 6.54 Å². The molecule has 0 aromatic heterocycles. The number of nitrogens with zero attached hydrogens (tertiary/aromatic N) is 1. The summed E-state index contributed by atoms with van der Waals surface area (Å²) in [7, 11) is -3.83. The Morgan fingerprint density at radius 2 is 1.95 bits per heavy atom. The van der Waals surface area contributed by atoms with Gasteiger partial charge in [0.2, 0.25) is 10.0 Å². The van der Waals surface area contributed by atoms with Gasteiger partial charge in [-0.25, -0.2) is 17.5 Å². The first-order chi connectivity index (χ1) is 9.94. The third kappa shape index (κ3) is 3.58. The number of sulfonamides is 1. The first-order valence-corrected chi connectivity index (χ1v) is 7.73. The molecule has 0 unspecified atom stereocenters. The van der Waals surface area contributed by atoms with Gasteiger partial charge >= 0.3 is 0 Å². The molecule has 0 spiro atoms. The van der Waals surface area contributed by atoms with Crippen LogP contribution >= 0.6 is 11.6 Å². The molecule has 0 heterocycles. The second-order valence-corrected chi connectivity index (χ2v) is 6.32. The lowest BCUT2D eigenvalue weighted by atomic mass is 10.2. The van der Waals surface area contributed by atoms with Crippen LogP contribution in [0.3, 0.4) is 0 Å². The SMILES string of the molecule is N#Cc1ccccc1S(=O)(=O)NCc1ccc(F)c(Cl)c1. The van der Waals surface area contributed by atoms with Crippen LogP contribution in [-0.2, 0) is 16.6 Å². The summed E-state index contributed by atoms with van der Waals surface area (Å²) >= 11 is 5.63. The second-order valence-electron chi connectivity index (χ2n) is 4.18. The van der Waals surface area contributed by atoms with Crippen molar-refractivity contribution in [2.24, 2.45) is 0 Å². The first kappa shape index (κ1) is 15.4. The van der Waals surface area contributed by atoms with E-state index in [0.717, 1.165) is 6.07 Å². The van der Waals surface area contributed by atoms with E-state index < -0.39 is 15.8 Å². The van der Waals surface area contributed by atoms with Crippen LogP contribution < -0.4 is 4.72 Å². The summed E-state index contributed by atoms with van der Waals surface area (Å²) < 4.78 is 39.7. The highest BCUT2D eigenvalue weighted by Gasteiger charge is 2.17. The van der Waals surface area contributed by atoms with Gasteiger partial charge in [0.15, 0.2) is 0 Å². The van der Waals surface area contributed by atoms with Gasteiger partial charge in [-0.3, -0.25) is 0 Å². The molecule has 0 aliphatic rings. The predicted molar refractivity (Wildman–Crippen MR) is 76.6 cm³/mol. The molecule has 4 nitrogen and oxygen atoms in total. The summed E-state index contributed by atoms with van der Waals surface area (Å²) in [6.07, 6.45) is 0. The molecule has 0 radical (unpaired) electrons. The minimum absolute atomic E-state index is 0.0535. The Labute approximate surface area is 126 Å². The summed E-state index contributed by atoms with van der Waals surface area (Å²) in [6.45, 7) is -0.0535. The monoisotopic (exact) mass is 324 g/mol. The Hall–Kier alpha value is -1.94. The van der Waals surface area contributed by atoms with E-state index >= 15 is 0 Å². The van der Waals surface area contributed by atoms with Crippen molar-refractivity contribution in [3.8, 4) is 6.07 Å². The minimum Gasteiger partial charge on any atom is -0.207 e. The Morgan fingerprint density at radius 1 is 1.24 bits per heavy atom. The van der Waals surface area contributed by atoms with E-state index in [-0.39, 0.29) is 22.0 Å². The molecule has 7 heteroatoms. The summed E-state index contributed by atoms with van der Waals surface area (Å²) in [5, 5.41) is 8.85. The molecule has 0 fully saturated rings. The average molecular weight is 325 g/mol. The third-order valence-corrected chi connectivity index (χ3v) is 4.50.